The van der Waals surface area contributed by atoms with Gasteiger partial charge in [-0.05, 0) is 36.4 Å². The second kappa shape index (κ2) is 11.6. The summed E-state index contributed by atoms with van der Waals surface area (Å²) >= 11 is 6.24. The first-order valence-electron chi connectivity index (χ1n) is 9.56. The van der Waals surface area contributed by atoms with Gasteiger partial charge in [0.25, 0.3) is 5.91 Å². The number of carbonyl (C=O) groups excluding carboxylic acids is 1. The lowest BCUT2D eigenvalue weighted by Gasteiger charge is -2.14. The number of carboxylic acids is 1. The van der Waals surface area contributed by atoms with Crippen molar-refractivity contribution < 1.29 is 41.4 Å². The third-order valence-electron chi connectivity index (χ3n) is 4.19. The Hall–Kier alpha value is -3.71. The number of alkyl halides is 3. The molecule has 35 heavy (non-hydrogen) atoms. The van der Waals surface area contributed by atoms with Crippen LogP contribution < -0.4 is 15.8 Å². The van der Waals surface area contributed by atoms with Gasteiger partial charge >= 0.3 is 12.1 Å². The van der Waals surface area contributed by atoms with Gasteiger partial charge in [0.2, 0.25) is 0 Å². The van der Waals surface area contributed by atoms with Crippen LogP contribution in [0.5, 0.6) is 5.75 Å². The molecule has 1 amide bonds. The van der Waals surface area contributed by atoms with Crippen LogP contribution in [-0.4, -0.2) is 46.1 Å². The van der Waals surface area contributed by atoms with Crippen LogP contribution >= 0.6 is 11.6 Å². The van der Waals surface area contributed by atoms with Crippen LogP contribution in [0, 0.1) is 11.6 Å². The zero-order valence-corrected chi connectivity index (χ0v) is 18.6. The summed E-state index contributed by atoms with van der Waals surface area (Å²) in [5, 5.41) is 14.3. The second-order valence-electron chi connectivity index (χ2n) is 6.70. The van der Waals surface area contributed by atoms with Crippen LogP contribution in [0.4, 0.5) is 27.6 Å². The van der Waals surface area contributed by atoms with E-state index in [-0.39, 0.29) is 5.56 Å². The molecule has 1 aromatic heterocycles. The van der Waals surface area contributed by atoms with Gasteiger partial charge in [0.15, 0.2) is 11.6 Å². The van der Waals surface area contributed by atoms with E-state index in [1.165, 1.54) is 12.3 Å². The zero-order chi connectivity index (χ0) is 26.3. The number of nitrogens with zero attached hydrogens (tertiary/aromatic N) is 2. The van der Waals surface area contributed by atoms with Crippen molar-refractivity contribution in [1.82, 2.24) is 9.78 Å². The number of ether oxygens (including phenoxy) is 1. The van der Waals surface area contributed by atoms with E-state index in [1.54, 1.807) is 29.9 Å². The minimum atomic E-state index is -5.08. The summed E-state index contributed by atoms with van der Waals surface area (Å²) in [5.41, 5.74) is 7.11. The van der Waals surface area contributed by atoms with Crippen molar-refractivity contribution in [2.45, 2.75) is 6.18 Å². The number of nitrogens with two attached hydrogens (primary N) is 1. The highest BCUT2D eigenvalue weighted by atomic mass is 35.5. The van der Waals surface area contributed by atoms with Gasteiger partial charge in [0.05, 0.1) is 16.9 Å². The number of benzene rings is 2. The minimum absolute atomic E-state index is 0.0116. The highest BCUT2D eigenvalue weighted by Crippen LogP contribution is 2.36. The first-order chi connectivity index (χ1) is 16.3. The van der Waals surface area contributed by atoms with Crippen LogP contribution in [0.1, 0.15) is 10.4 Å². The number of aliphatic carboxylic acids is 1. The molecule has 0 spiro atoms. The van der Waals surface area contributed by atoms with Gasteiger partial charge < -0.3 is 20.9 Å². The van der Waals surface area contributed by atoms with Crippen molar-refractivity contribution in [3.05, 3.63) is 64.8 Å². The average Bonchev–Trinajstić information content (AvgIpc) is 3.12. The summed E-state index contributed by atoms with van der Waals surface area (Å²) in [4.78, 5) is 21.3. The predicted molar refractivity (Wildman–Crippen MR) is 116 cm³/mol. The molecule has 0 radical (unpaired) electrons. The van der Waals surface area contributed by atoms with E-state index >= 15 is 0 Å². The van der Waals surface area contributed by atoms with Crippen molar-refractivity contribution in [2.75, 3.05) is 18.5 Å². The number of rotatable bonds is 6. The molecule has 0 saturated carbocycles. The van der Waals surface area contributed by atoms with E-state index in [0.717, 1.165) is 12.1 Å². The normalized spacial score (nSPS) is 10.9. The monoisotopic (exact) mass is 520 g/mol. The third-order valence-corrected chi connectivity index (χ3v) is 4.46. The van der Waals surface area contributed by atoms with Crippen molar-refractivity contribution in [3.8, 4) is 17.0 Å². The summed E-state index contributed by atoms with van der Waals surface area (Å²) in [7, 11) is 1.72. The number of nitrogens with one attached hydrogen (secondary N) is 1. The Kier molecular flexibility index (Phi) is 9.14. The van der Waals surface area contributed by atoms with Gasteiger partial charge in [-0.25, -0.2) is 13.6 Å². The maximum absolute atomic E-state index is 13.4. The summed E-state index contributed by atoms with van der Waals surface area (Å²) in [6, 6.07) is 7.88. The summed E-state index contributed by atoms with van der Waals surface area (Å²) in [6.07, 6.45) is -3.59. The molecular formula is C21H18ClF5N4O4. The van der Waals surface area contributed by atoms with Gasteiger partial charge in [-0.3, -0.25) is 9.48 Å². The molecule has 0 aliphatic carbocycles. The molecule has 0 bridgehead atoms. The Labute approximate surface area is 200 Å². The molecule has 8 nitrogen and oxygen atoms in total. The Balaban J connectivity index is 0.000000540. The standard InChI is InChI=1S/C19H17ClF2N4O2.C2HF3O2/c1-26-18(14(20)10-24-26)13-9-12(3-5-17(13)28-7-6-23)25-19(27)11-2-4-15(21)16(22)8-11;3-2(4,5)1(6)7/h2-5,8-10H,6-7,23H2,1H3,(H,25,27);(H,6,7). The van der Waals surface area contributed by atoms with Gasteiger partial charge in [-0.1, -0.05) is 11.6 Å². The number of carbonyl (C=O) groups is 2. The molecule has 0 atom stereocenters. The molecule has 3 aromatic rings. The largest absolute Gasteiger partial charge is 0.492 e. The van der Waals surface area contributed by atoms with Gasteiger partial charge in [0, 0.05) is 30.4 Å². The lowest BCUT2D eigenvalue weighted by atomic mass is 10.1. The number of halogens is 6. The summed E-state index contributed by atoms with van der Waals surface area (Å²) in [6.45, 7) is 0.621. The van der Waals surface area contributed by atoms with Crippen LogP contribution in [0.2, 0.25) is 5.02 Å². The summed E-state index contributed by atoms with van der Waals surface area (Å²) in [5.74, 6) is -4.95. The molecule has 4 N–H and O–H groups in total. The lowest BCUT2D eigenvalue weighted by Crippen LogP contribution is -2.21. The van der Waals surface area contributed by atoms with E-state index in [0.29, 0.717) is 40.9 Å². The molecule has 3 rings (SSSR count). The summed E-state index contributed by atoms with van der Waals surface area (Å²) < 4.78 is 65.4. The van der Waals surface area contributed by atoms with Crippen LogP contribution in [-0.2, 0) is 11.8 Å². The van der Waals surface area contributed by atoms with E-state index < -0.39 is 29.7 Å². The average molecular weight is 521 g/mol. The van der Waals surface area contributed by atoms with Crippen LogP contribution in [0.3, 0.4) is 0 Å². The predicted octanol–water partition coefficient (Wildman–Crippen LogP) is 4.24. The van der Waals surface area contributed by atoms with E-state index in [2.05, 4.69) is 10.4 Å². The molecule has 0 unspecified atom stereocenters. The minimum Gasteiger partial charge on any atom is -0.492 e. The Morgan fingerprint density at radius 1 is 1.17 bits per heavy atom. The maximum Gasteiger partial charge on any atom is 0.490 e. The Morgan fingerprint density at radius 3 is 2.34 bits per heavy atom. The maximum atomic E-state index is 13.4. The number of anilines is 1. The van der Waals surface area contributed by atoms with Gasteiger partial charge in [-0.2, -0.15) is 18.3 Å². The molecule has 0 aliphatic rings. The van der Waals surface area contributed by atoms with Crippen LogP contribution in [0.25, 0.3) is 11.3 Å². The molecule has 1 heterocycles. The smallest absolute Gasteiger partial charge is 0.490 e. The number of hydrogen-bond acceptors (Lipinski definition) is 5. The number of carboxylic acid groups (broad SMARTS) is 1. The lowest BCUT2D eigenvalue weighted by molar-refractivity contribution is -0.192. The van der Waals surface area contributed by atoms with Crippen molar-refractivity contribution in [1.29, 1.82) is 0 Å². The molecule has 0 fully saturated rings. The topological polar surface area (TPSA) is 119 Å². The first-order valence-corrected chi connectivity index (χ1v) is 9.94. The fourth-order valence-electron chi connectivity index (χ4n) is 2.64. The van der Waals surface area contributed by atoms with Crippen LogP contribution in [0.15, 0.2) is 42.6 Å². The third kappa shape index (κ3) is 7.39. The molecule has 0 aliphatic heterocycles. The SMILES string of the molecule is Cn1ncc(Cl)c1-c1cc(NC(=O)c2ccc(F)c(F)c2)ccc1OCCN.O=C(O)C(F)(F)F. The molecule has 2 aromatic carbocycles. The quantitative estimate of drug-likeness (QED) is 0.418. The van der Waals surface area contributed by atoms with Crippen molar-refractivity contribution in [3.63, 3.8) is 0 Å². The Bertz CT molecular complexity index is 1200. The highest BCUT2D eigenvalue weighted by molar-refractivity contribution is 6.33. The number of aryl methyl sites for hydroxylation is 1. The van der Waals surface area contributed by atoms with Gasteiger partial charge in [-0.15, -0.1) is 0 Å². The number of hydrogen-bond donors (Lipinski definition) is 3. The fraction of sp³-hybridized carbons (Fsp3) is 0.190. The molecular weight excluding hydrogens is 503 g/mol. The number of aromatic nitrogens is 2. The zero-order valence-electron chi connectivity index (χ0n) is 17.9. The van der Waals surface area contributed by atoms with E-state index in [1.807, 2.05) is 0 Å². The second-order valence-corrected chi connectivity index (χ2v) is 7.11. The first kappa shape index (κ1) is 27.5. The molecule has 14 heteroatoms. The Morgan fingerprint density at radius 2 is 1.83 bits per heavy atom. The van der Waals surface area contributed by atoms with E-state index in [9.17, 15) is 26.7 Å². The molecule has 188 valence electrons. The highest BCUT2D eigenvalue weighted by Gasteiger charge is 2.38. The fourth-order valence-corrected chi connectivity index (χ4v) is 2.91. The van der Waals surface area contributed by atoms with Crippen molar-refractivity contribution in [2.24, 2.45) is 12.8 Å². The number of amides is 1. The van der Waals surface area contributed by atoms with E-state index in [4.69, 9.17) is 32.0 Å². The van der Waals surface area contributed by atoms with Crippen molar-refractivity contribution >= 4 is 29.2 Å². The van der Waals surface area contributed by atoms with Gasteiger partial charge in [0.1, 0.15) is 12.4 Å². The molecule has 0 saturated heterocycles.